The van der Waals surface area contributed by atoms with Crippen LogP contribution in [0.4, 0.5) is 4.39 Å². The number of nitrogens with one attached hydrogen (secondary N) is 1. The lowest BCUT2D eigenvalue weighted by Gasteiger charge is -2.18. The molecule has 0 radical (unpaired) electrons. The van der Waals surface area contributed by atoms with Crippen LogP contribution in [0.2, 0.25) is 0 Å². The van der Waals surface area contributed by atoms with Gasteiger partial charge in [0.2, 0.25) is 0 Å². The number of ether oxygens (including phenoxy) is 2. The smallest absolute Gasteiger partial charge is 0.162 e. The number of hydrogen-bond acceptors (Lipinski definition) is 3. The number of benzene rings is 2. The molecule has 0 aliphatic heterocycles. The van der Waals surface area contributed by atoms with E-state index in [-0.39, 0.29) is 5.82 Å². The third-order valence-corrected chi connectivity index (χ3v) is 5.81. The minimum atomic E-state index is -0.246. The molecule has 0 bridgehead atoms. The zero-order chi connectivity index (χ0) is 19.1. The summed E-state index contributed by atoms with van der Waals surface area (Å²) in [6.45, 7) is 1.17. The van der Waals surface area contributed by atoms with Crippen molar-refractivity contribution < 1.29 is 13.9 Å². The lowest BCUT2D eigenvalue weighted by atomic mass is 10.1. The molecule has 0 heterocycles. The molecule has 146 valence electrons. The van der Waals surface area contributed by atoms with Crippen molar-refractivity contribution >= 4 is 15.9 Å². The van der Waals surface area contributed by atoms with Crippen LogP contribution in [0.1, 0.15) is 49.7 Å². The summed E-state index contributed by atoms with van der Waals surface area (Å²) in [5, 5.41) is 3.69. The highest BCUT2D eigenvalue weighted by Gasteiger charge is 2.14. The Morgan fingerprint density at radius 2 is 1.74 bits per heavy atom. The van der Waals surface area contributed by atoms with Crippen molar-refractivity contribution in [3.63, 3.8) is 0 Å². The molecule has 0 aromatic heterocycles. The summed E-state index contributed by atoms with van der Waals surface area (Å²) in [5.41, 5.74) is 2.07. The fourth-order valence-electron chi connectivity index (χ4n) is 3.46. The minimum Gasteiger partial charge on any atom is -0.493 e. The normalized spacial score (nSPS) is 15.4. The first-order valence-corrected chi connectivity index (χ1v) is 10.4. The van der Waals surface area contributed by atoms with Gasteiger partial charge in [-0.1, -0.05) is 53.7 Å². The number of rotatable bonds is 7. The van der Waals surface area contributed by atoms with Crippen LogP contribution >= 0.6 is 15.9 Å². The molecule has 1 fully saturated rings. The molecule has 2 aromatic rings. The topological polar surface area (TPSA) is 30.5 Å². The van der Waals surface area contributed by atoms with Crippen LogP contribution in [0, 0.1) is 5.82 Å². The van der Waals surface area contributed by atoms with E-state index in [0.717, 1.165) is 22.1 Å². The summed E-state index contributed by atoms with van der Waals surface area (Å²) in [4.78, 5) is 0. The van der Waals surface area contributed by atoms with E-state index in [1.165, 1.54) is 50.7 Å². The Bertz CT molecular complexity index is 728. The van der Waals surface area contributed by atoms with Crippen molar-refractivity contribution in [2.45, 2.75) is 57.7 Å². The van der Waals surface area contributed by atoms with E-state index in [2.05, 4.69) is 21.2 Å². The Kier molecular flexibility index (Phi) is 7.53. The van der Waals surface area contributed by atoms with Gasteiger partial charge in [-0.2, -0.15) is 0 Å². The van der Waals surface area contributed by atoms with E-state index in [0.29, 0.717) is 24.1 Å². The van der Waals surface area contributed by atoms with Gasteiger partial charge in [0, 0.05) is 17.1 Å². The highest BCUT2D eigenvalue weighted by atomic mass is 79.9. The van der Waals surface area contributed by atoms with Gasteiger partial charge >= 0.3 is 0 Å². The van der Waals surface area contributed by atoms with Gasteiger partial charge in [-0.25, -0.2) is 4.39 Å². The molecule has 2 aromatic carbocycles. The van der Waals surface area contributed by atoms with Gasteiger partial charge in [0.15, 0.2) is 11.5 Å². The lowest BCUT2D eigenvalue weighted by molar-refractivity contribution is 0.284. The summed E-state index contributed by atoms with van der Waals surface area (Å²) in [7, 11) is 1.65. The zero-order valence-electron chi connectivity index (χ0n) is 15.8. The third-order valence-electron chi connectivity index (χ3n) is 5.08. The van der Waals surface area contributed by atoms with E-state index >= 15 is 0 Å². The largest absolute Gasteiger partial charge is 0.493 e. The molecule has 3 rings (SSSR count). The SMILES string of the molecule is COc1cc(CNC2CCCCCC2)c(Br)cc1OCc1ccc(F)cc1. The van der Waals surface area contributed by atoms with Crippen molar-refractivity contribution in [2.24, 2.45) is 0 Å². The van der Waals surface area contributed by atoms with Gasteiger partial charge in [0.05, 0.1) is 7.11 Å². The van der Waals surface area contributed by atoms with Crippen molar-refractivity contribution in [3.05, 3.63) is 57.8 Å². The predicted molar refractivity (Wildman–Crippen MR) is 110 cm³/mol. The summed E-state index contributed by atoms with van der Waals surface area (Å²) in [6, 6.07) is 10.9. The molecule has 0 saturated heterocycles. The molecule has 0 amide bonds. The van der Waals surface area contributed by atoms with Gasteiger partial charge in [0.1, 0.15) is 12.4 Å². The van der Waals surface area contributed by atoms with E-state index in [4.69, 9.17) is 9.47 Å². The van der Waals surface area contributed by atoms with Crippen molar-refractivity contribution in [1.82, 2.24) is 5.32 Å². The van der Waals surface area contributed by atoms with Crippen LogP contribution in [0.3, 0.4) is 0 Å². The quantitative estimate of drug-likeness (QED) is 0.541. The number of halogens is 2. The standard InChI is InChI=1S/C22H27BrFNO2/c1-26-21-12-17(14-25-19-6-4-2-3-5-7-19)20(23)13-22(21)27-15-16-8-10-18(24)11-9-16/h8-13,19,25H,2-7,14-15H2,1H3. The van der Waals surface area contributed by atoms with Gasteiger partial charge < -0.3 is 14.8 Å². The average molecular weight is 436 g/mol. The molecule has 0 unspecified atom stereocenters. The minimum absolute atomic E-state index is 0.246. The third kappa shape index (κ3) is 5.94. The average Bonchev–Trinajstić information content (AvgIpc) is 2.95. The highest BCUT2D eigenvalue weighted by Crippen LogP contribution is 2.34. The highest BCUT2D eigenvalue weighted by molar-refractivity contribution is 9.10. The molecule has 0 atom stereocenters. The first kappa shape index (κ1) is 20.2. The molecule has 5 heteroatoms. The second kappa shape index (κ2) is 10.1. The number of hydrogen-bond donors (Lipinski definition) is 1. The maximum Gasteiger partial charge on any atom is 0.162 e. The Morgan fingerprint density at radius 1 is 1.04 bits per heavy atom. The van der Waals surface area contributed by atoms with Crippen LogP contribution < -0.4 is 14.8 Å². The maximum atomic E-state index is 13.0. The van der Waals surface area contributed by atoms with Crippen LogP contribution in [-0.4, -0.2) is 13.2 Å². The maximum absolute atomic E-state index is 13.0. The van der Waals surface area contributed by atoms with E-state index in [9.17, 15) is 4.39 Å². The van der Waals surface area contributed by atoms with Gasteiger partial charge in [0.25, 0.3) is 0 Å². The summed E-state index contributed by atoms with van der Waals surface area (Å²) in [5.74, 6) is 1.13. The monoisotopic (exact) mass is 435 g/mol. The van der Waals surface area contributed by atoms with Crippen LogP contribution in [0.25, 0.3) is 0 Å². The van der Waals surface area contributed by atoms with E-state index < -0.39 is 0 Å². The molecule has 1 aliphatic rings. The van der Waals surface area contributed by atoms with E-state index in [1.54, 1.807) is 19.2 Å². The van der Waals surface area contributed by atoms with Gasteiger partial charge in [-0.3, -0.25) is 0 Å². The Labute approximate surface area is 169 Å². The van der Waals surface area contributed by atoms with Crippen LogP contribution in [-0.2, 0) is 13.2 Å². The van der Waals surface area contributed by atoms with Crippen molar-refractivity contribution in [3.8, 4) is 11.5 Å². The summed E-state index contributed by atoms with van der Waals surface area (Å²) >= 11 is 3.66. The molecule has 0 spiro atoms. The Hall–Kier alpha value is -1.59. The number of methoxy groups -OCH3 is 1. The molecule has 3 nitrogen and oxygen atoms in total. The Balaban J connectivity index is 1.63. The second-order valence-corrected chi connectivity index (χ2v) is 7.93. The molecule has 27 heavy (non-hydrogen) atoms. The first-order valence-electron chi connectivity index (χ1n) is 9.63. The van der Waals surface area contributed by atoms with Crippen LogP contribution in [0.5, 0.6) is 11.5 Å². The second-order valence-electron chi connectivity index (χ2n) is 7.08. The van der Waals surface area contributed by atoms with Crippen molar-refractivity contribution in [2.75, 3.05) is 7.11 Å². The fraction of sp³-hybridized carbons (Fsp3) is 0.455. The zero-order valence-corrected chi connectivity index (χ0v) is 17.4. The van der Waals surface area contributed by atoms with Crippen molar-refractivity contribution in [1.29, 1.82) is 0 Å². The fourth-order valence-corrected chi connectivity index (χ4v) is 3.93. The summed E-state index contributed by atoms with van der Waals surface area (Å²) in [6.07, 6.45) is 7.86. The Morgan fingerprint density at radius 3 is 2.41 bits per heavy atom. The molecular formula is C22H27BrFNO2. The molecule has 1 N–H and O–H groups in total. The molecular weight excluding hydrogens is 409 g/mol. The van der Waals surface area contributed by atoms with Crippen LogP contribution in [0.15, 0.2) is 40.9 Å². The van der Waals surface area contributed by atoms with E-state index in [1.807, 2.05) is 12.1 Å². The molecule has 1 aliphatic carbocycles. The van der Waals surface area contributed by atoms with Gasteiger partial charge in [-0.15, -0.1) is 0 Å². The first-order chi connectivity index (χ1) is 13.2. The molecule has 1 saturated carbocycles. The predicted octanol–water partition coefficient (Wildman–Crippen LogP) is 5.99. The lowest BCUT2D eigenvalue weighted by Crippen LogP contribution is -2.28. The van der Waals surface area contributed by atoms with Gasteiger partial charge in [-0.05, 0) is 48.2 Å². The summed E-state index contributed by atoms with van der Waals surface area (Å²) < 4.78 is 25.5.